The van der Waals surface area contributed by atoms with Crippen molar-refractivity contribution in [3.8, 4) is 0 Å². The standard InChI is InChI=1S/C16H14NO2/c1-17(11-12-7-3-2-4-8-12)15(18)13-9-5-6-10-14(13)16(17)19/h2-10H,11H2,1H3/q+1. The van der Waals surface area contributed by atoms with Crippen LogP contribution in [0, 0.1) is 0 Å². The number of hydrogen-bond donors (Lipinski definition) is 0. The fourth-order valence-corrected chi connectivity index (χ4v) is 2.57. The summed E-state index contributed by atoms with van der Waals surface area (Å²) >= 11 is 0. The maximum atomic E-state index is 12.5. The minimum absolute atomic E-state index is 0.121. The third kappa shape index (κ3) is 1.71. The lowest BCUT2D eigenvalue weighted by Crippen LogP contribution is -2.48. The van der Waals surface area contributed by atoms with Crippen molar-refractivity contribution < 1.29 is 14.1 Å². The van der Waals surface area contributed by atoms with Gasteiger partial charge in [0.2, 0.25) is 0 Å². The van der Waals surface area contributed by atoms with Gasteiger partial charge in [0.1, 0.15) is 6.54 Å². The first-order valence-corrected chi connectivity index (χ1v) is 6.21. The molecule has 0 radical (unpaired) electrons. The number of benzene rings is 2. The number of quaternary nitrogens is 1. The molecule has 0 spiro atoms. The van der Waals surface area contributed by atoms with Crippen molar-refractivity contribution in [1.29, 1.82) is 0 Å². The van der Waals surface area contributed by atoms with Crippen molar-refractivity contribution in [2.75, 3.05) is 7.05 Å². The van der Waals surface area contributed by atoms with Crippen molar-refractivity contribution in [3.63, 3.8) is 0 Å². The van der Waals surface area contributed by atoms with E-state index in [9.17, 15) is 9.59 Å². The molecule has 0 unspecified atom stereocenters. The molecule has 0 N–H and O–H groups in total. The molecule has 0 bridgehead atoms. The highest BCUT2D eigenvalue weighted by molar-refractivity contribution is 6.13. The third-order valence-corrected chi connectivity index (χ3v) is 3.63. The summed E-state index contributed by atoms with van der Waals surface area (Å²) in [5.74, 6) is -0.242. The lowest BCUT2D eigenvalue weighted by molar-refractivity contribution is -0.755. The fraction of sp³-hybridized carbons (Fsp3) is 0.125. The van der Waals surface area contributed by atoms with Gasteiger partial charge < -0.3 is 0 Å². The van der Waals surface area contributed by atoms with E-state index in [0.29, 0.717) is 17.7 Å². The molecule has 3 nitrogen and oxygen atoms in total. The molecule has 1 heterocycles. The number of imide groups is 1. The van der Waals surface area contributed by atoms with Crippen LogP contribution in [0.3, 0.4) is 0 Å². The molecule has 94 valence electrons. The van der Waals surface area contributed by atoms with E-state index < -0.39 is 0 Å². The zero-order valence-electron chi connectivity index (χ0n) is 10.7. The number of rotatable bonds is 2. The van der Waals surface area contributed by atoms with Crippen molar-refractivity contribution in [3.05, 3.63) is 71.3 Å². The van der Waals surface area contributed by atoms with Gasteiger partial charge in [-0.2, -0.15) is 4.48 Å². The third-order valence-electron chi connectivity index (χ3n) is 3.63. The molecule has 0 atom stereocenters. The van der Waals surface area contributed by atoms with Crippen molar-refractivity contribution >= 4 is 11.8 Å². The lowest BCUT2D eigenvalue weighted by atomic mass is 10.1. The van der Waals surface area contributed by atoms with Crippen LogP contribution in [0.5, 0.6) is 0 Å². The Morgan fingerprint density at radius 2 is 1.26 bits per heavy atom. The van der Waals surface area contributed by atoms with Crippen molar-refractivity contribution in [1.82, 2.24) is 0 Å². The molecule has 19 heavy (non-hydrogen) atoms. The van der Waals surface area contributed by atoms with Crippen molar-refractivity contribution in [2.24, 2.45) is 0 Å². The molecule has 1 aliphatic heterocycles. The number of amides is 2. The van der Waals surface area contributed by atoms with Crippen LogP contribution in [0.15, 0.2) is 54.6 Å². The zero-order valence-corrected chi connectivity index (χ0v) is 10.7. The van der Waals surface area contributed by atoms with Crippen LogP contribution in [0.25, 0.3) is 0 Å². The first-order chi connectivity index (χ1) is 9.13. The van der Waals surface area contributed by atoms with Crippen LogP contribution in [0.4, 0.5) is 0 Å². The summed E-state index contributed by atoms with van der Waals surface area (Å²) in [7, 11) is 1.69. The molecule has 0 saturated heterocycles. The first kappa shape index (κ1) is 11.8. The molecule has 3 rings (SSSR count). The minimum atomic E-state index is -0.205. The molecular formula is C16H14NO2+. The molecule has 2 aromatic rings. The van der Waals surface area contributed by atoms with E-state index in [1.807, 2.05) is 30.3 Å². The summed E-state index contributed by atoms with van der Waals surface area (Å²) in [6, 6.07) is 16.7. The van der Waals surface area contributed by atoms with Crippen LogP contribution < -0.4 is 0 Å². The van der Waals surface area contributed by atoms with Crippen LogP contribution in [-0.2, 0) is 6.54 Å². The Morgan fingerprint density at radius 3 is 1.79 bits per heavy atom. The lowest BCUT2D eigenvalue weighted by Gasteiger charge is -2.23. The zero-order chi connectivity index (χ0) is 13.5. The molecule has 1 aliphatic rings. The fourth-order valence-electron chi connectivity index (χ4n) is 2.57. The monoisotopic (exact) mass is 252 g/mol. The topological polar surface area (TPSA) is 34.1 Å². The molecule has 0 aliphatic carbocycles. The maximum absolute atomic E-state index is 12.5. The van der Waals surface area contributed by atoms with E-state index in [4.69, 9.17) is 0 Å². The van der Waals surface area contributed by atoms with Gasteiger partial charge in [-0.05, 0) is 12.1 Å². The number of carbonyl (C=O) groups excluding carboxylic acids is 2. The van der Waals surface area contributed by atoms with Gasteiger partial charge in [-0.15, -0.1) is 0 Å². The van der Waals surface area contributed by atoms with Gasteiger partial charge in [-0.25, -0.2) is 9.59 Å². The molecule has 0 fully saturated rings. The Bertz CT molecular complexity index is 626. The normalized spacial score (nSPS) is 16.5. The largest absolute Gasteiger partial charge is 0.354 e. The van der Waals surface area contributed by atoms with Crippen LogP contribution in [-0.4, -0.2) is 23.3 Å². The quantitative estimate of drug-likeness (QED) is 0.608. The highest BCUT2D eigenvalue weighted by atomic mass is 16.2. The smallest absolute Gasteiger partial charge is 0.225 e. The highest BCUT2D eigenvalue weighted by Crippen LogP contribution is 2.30. The average molecular weight is 252 g/mol. The number of carbonyl (C=O) groups is 2. The number of nitrogens with zero attached hydrogens (tertiary/aromatic N) is 1. The number of hydrogen-bond acceptors (Lipinski definition) is 2. The molecular weight excluding hydrogens is 238 g/mol. The van der Waals surface area contributed by atoms with Crippen LogP contribution >= 0.6 is 0 Å². The molecule has 2 aromatic carbocycles. The van der Waals surface area contributed by atoms with Gasteiger partial charge in [-0.3, -0.25) is 0 Å². The van der Waals surface area contributed by atoms with Gasteiger partial charge in [0.15, 0.2) is 0 Å². The van der Waals surface area contributed by atoms with Gasteiger partial charge in [0, 0.05) is 5.56 Å². The molecule has 0 saturated carbocycles. The Morgan fingerprint density at radius 1 is 0.789 bits per heavy atom. The van der Waals surface area contributed by atoms with E-state index in [0.717, 1.165) is 5.56 Å². The molecule has 2 amide bonds. The van der Waals surface area contributed by atoms with Gasteiger partial charge >= 0.3 is 11.8 Å². The summed E-state index contributed by atoms with van der Waals surface area (Å²) in [6.45, 7) is 0.396. The summed E-state index contributed by atoms with van der Waals surface area (Å²) in [4.78, 5) is 25.0. The van der Waals surface area contributed by atoms with E-state index >= 15 is 0 Å². The second-order valence-corrected chi connectivity index (χ2v) is 4.99. The van der Waals surface area contributed by atoms with Gasteiger partial charge in [0.25, 0.3) is 0 Å². The average Bonchev–Trinajstić information content (AvgIpc) is 2.63. The van der Waals surface area contributed by atoms with Gasteiger partial charge in [-0.1, -0.05) is 42.5 Å². The maximum Gasteiger partial charge on any atom is 0.354 e. The summed E-state index contributed by atoms with van der Waals surface area (Å²) < 4.78 is -0.205. The van der Waals surface area contributed by atoms with Crippen LogP contribution in [0.2, 0.25) is 0 Å². The van der Waals surface area contributed by atoms with E-state index in [2.05, 4.69) is 0 Å². The predicted molar refractivity (Wildman–Crippen MR) is 71.4 cm³/mol. The van der Waals surface area contributed by atoms with E-state index in [1.165, 1.54) is 0 Å². The highest BCUT2D eigenvalue weighted by Gasteiger charge is 2.50. The minimum Gasteiger partial charge on any atom is -0.225 e. The number of fused-ring (bicyclic) bond motifs is 1. The molecule has 3 heteroatoms. The van der Waals surface area contributed by atoms with E-state index in [1.54, 1.807) is 31.3 Å². The second-order valence-electron chi connectivity index (χ2n) is 4.99. The summed E-state index contributed by atoms with van der Waals surface area (Å²) in [5, 5.41) is 0. The van der Waals surface area contributed by atoms with Crippen LogP contribution in [0.1, 0.15) is 26.3 Å². The predicted octanol–water partition coefficient (Wildman–Crippen LogP) is 2.63. The Balaban J connectivity index is 2.03. The summed E-state index contributed by atoms with van der Waals surface area (Å²) in [6.07, 6.45) is 0. The second kappa shape index (κ2) is 4.14. The Kier molecular flexibility index (Phi) is 2.57. The van der Waals surface area contributed by atoms with Crippen molar-refractivity contribution in [2.45, 2.75) is 6.54 Å². The first-order valence-electron chi connectivity index (χ1n) is 6.21. The Labute approximate surface area is 111 Å². The Hall–Kier alpha value is -2.26. The summed E-state index contributed by atoms with van der Waals surface area (Å²) in [5.41, 5.74) is 2.05. The van der Waals surface area contributed by atoms with Gasteiger partial charge in [0.05, 0.1) is 18.2 Å². The molecule has 0 aromatic heterocycles. The van der Waals surface area contributed by atoms with E-state index in [-0.39, 0.29) is 16.3 Å². The SMILES string of the molecule is C[N+]1(Cc2ccccc2)C(=O)c2ccccc2C1=O.